The van der Waals surface area contributed by atoms with Crippen molar-refractivity contribution in [3.63, 3.8) is 0 Å². The molecular formula is C24H23BrN2O. The van der Waals surface area contributed by atoms with Crippen LogP contribution in [-0.4, -0.2) is 17.4 Å². The molecular weight excluding hydrogens is 412 g/mol. The molecule has 0 fully saturated rings. The average molecular weight is 435 g/mol. The number of anilines is 1. The Balaban J connectivity index is 1.38. The third-order valence-electron chi connectivity index (χ3n) is 5.25. The Morgan fingerprint density at radius 1 is 1.04 bits per heavy atom. The molecule has 0 unspecified atom stereocenters. The molecule has 3 nitrogen and oxygen atoms in total. The maximum Gasteiger partial charge on any atom is 0.255 e. The Bertz CT molecular complexity index is 998. The quantitative estimate of drug-likeness (QED) is 0.581. The van der Waals surface area contributed by atoms with E-state index >= 15 is 0 Å². The van der Waals surface area contributed by atoms with Gasteiger partial charge in [-0.1, -0.05) is 52.3 Å². The lowest BCUT2D eigenvalue weighted by molar-refractivity contribution is 0.102. The molecule has 0 bridgehead atoms. The highest BCUT2D eigenvalue weighted by molar-refractivity contribution is 9.10. The normalized spacial score (nSPS) is 13.8. The van der Waals surface area contributed by atoms with Crippen LogP contribution in [0.5, 0.6) is 0 Å². The zero-order valence-corrected chi connectivity index (χ0v) is 17.5. The summed E-state index contributed by atoms with van der Waals surface area (Å²) in [5.74, 6) is -0.0832. The first-order valence-corrected chi connectivity index (χ1v) is 10.3. The standard InChI is InChI=1S/C24H23BrN2O/c1-17-14-22(10-11-23(17)25)26-24(28)20-8-6-18(7-9-20)15-27-13-12-19-4-2-3-5-21(19)16-27/h2-11,14H,12-13,15-16H2,1H3,(H,26,28). The smallest absolute Gasteiger partial charge is 0.255 e. The number of benzene rings is 3. The molecule has 0 aromatic heterocycles. The highest BCUT2D eigenvalue weighted by Crippen LogP contribution is 2.22. The number of halogens is 1. The molecule has 0 saturated carbocycles. The number of amides is 1. The lowest BCUT2D eigenvalue weighted by Crippen LogP contribution is -2.29. The largest absolute Gasteiger partial charge is 0.322 e. The molecule has 142 valence electrons. The number of carbonyl (C=O) groups is 1. The Morgan fingerprint density at radius 3 is 2.54 bits per heavy atom. The number of aryl methyl sites for hydroxylation is 1. The van der Waals surface area contributed by atoms with Gasteiger partial charge in [0, 0.05) is 35.4 Å². The summed E-state index contributed by atoms with van der Waals surface area (Å²) in [6.07, 6.45) is 1.10. The van der Waals surface area contributed by atoms with E-state index in [2.05, 4.69) is 62.5 Å². The summed E-state index contributed by atoms with van der Waals surface area (Å²) in [6, 6.07) is 22.4. The monoisotopic (exact) mass is 434 g/mol. The fraction of sp³-hybridized carbons (Fsp3) is 0.208. The van der Waals surface area contributed by atoms with E-state index in [1.165, 1.54) is 16.7 Å². The van der Waals surface area contributed by atoms with Gasteiger partial charge < -0.3 is 5.32 Å². The van der Waals surface area contributed by atoms with E-state index in [0.29, 0.717) is 5.56 Å². The number of carbonyl (C=O) groups excluding carboxylic acids is 1. The van der Waals surface area contributed by atoms with Crippen LogP contribution in [0.1, 0.15) is 32.6 Å². The molecule has 1 heterocycles. The van der Waals surface area contributed by atoms with Gasteiger partial charge in [-0.15, -0.1) is 0 Å². The van der Waals surface area contributed by atoms with Crippen LogP contribution < -0.4 is 5.32 Å². The van der Waals surface area contributed by atoms with Crippen LogP contribution in [-0.2, 0) is 19.5 Å². The van der Waals surface area contributed by atoms with Crippen molar-refractivity contribution in [1.29, 1.82) is 0 Å². The van der Waals surface area contributed by atoms with E-state index in [4.69, 9.17) is 0 Å². The minimum absolute atomic E-state index is 0.0832. The van der Waals surface area contributed by atoms with Crippen molar-refractivity contribution in [3.05, 3.63) is 99.0 Å². The third kappa shape index (κ3) is 4.34. The Kier molecular flexibility index (Phi) is 5.60. The molecule has 0 saturated heterocycles. The van der Waals surface area contributed by atoms with Crippen molar-refractivity contribution in [2.45, 2.75) is 26.4 Å². The van der Waals surface area contributed by atoms with Crippen LogP contribution in [0.15, 0.2) is 71.2 Å². The van der Waals surface area contributed by atoms with Gasteiger partial charge in [0.05, 0.1) is 0 Å². The van der Waals surface area contributed by atoms with Crippen molar-refractivity contribution in [2.75, 3.05) is 11.9 Å². The van der Waals surface area contributed by atoms with Crippen molar-refractivity contribution < 1.29 is 4.79 Å². The van der Waals surface area contributed by atoms with Crippen LogP contribution in [0, 0.1) is 6.92 Å². The van der Waals surface area contributed by atoms with Gasteiger partial charge in [-0.2, -0.15) is 0 Å². The minimum Gasteiger partial charge on any atom is -0.322 e. The molecule has 0 aliphatic carbocycles. The van der Waals surface area contributed by atoms with E-state index < -0.39 is 0 Å². The lowest BCUT2D eigenvalue weighted by Gasteiger charge is -2.28. The van der Waals surface area contributed by atoms with Gasteiger partial charge in [0.25, 0.3) is 5.91 Å². The van der Waals surface area contributed by atoms with E-state index in [0.717, 1.165) is 41.8 Å². The topological polar surface area (TPSA) is 32.3 Å². The summed E-state index contributed by atoms with van der Waals surface area (Å²) < 4.78 is 1.04. The second kappa shape index (κ2) is 8.29. The molecule has 0 atom stereocenters. The van der Waals surface area contributed by atoms with E-state index in [9.17, 15) is 4.79 Å². The average Bonchev–Trinajstić information content (AvgIpc) is 2.71. The minimum atomic E-state index is -0.0832. The zero-order valence-electron chi connectivity index (χ0n) is 15.9. The Hall–Kier alpha value is -2.43. The molecule has 0 radical (unpaired) electrons. The first-order chi connectivity index (χ1) is 13.6. The summed E-state index contributed by atoms with van der Waals surface area (Å²) in [7, 11) is 0. The fourth-order valence-electron chi connectivity index (χ4n) is 3.63. The highest BCUT2D eigenvalue weighted by Gasteiger charge is 2.16. The Labute approximate surface area is 174 Å². The molecule has 1 amide bonds. The molecule has 4 rings (SSSR count). The van der Waals surface area contributed by atoms with Crippen LogP contribution >= 0.6 is 15.9 Å². The first-order valence-electron chi connectivity index (χ1n) is 9.54. The molecule has 1 aliphatic rings. The van der Waals surface area contributed by atoms with Crippen molar-refractivity contribution >= 4 is 27.5 Å². The molecule has 3 aromatic carbocycles. The second-order valence-corrected chi connectivity index (χ2v) is 8.20. The van der Waals surface area contributed by atoms with Gasteiger partial charge >= 0.3 is 0 Å². The van der Waals surface area contributed by atoms with Crippen LogP contribution in [0.4, 0.5) is 5.69 Å². The Morgan fingerprint density at radius 2 is 1.79 bits per heavy atom. The molecule has 28 heavy (non-hydrogen) atoms. The maximum absolute atomic E-state index is 12.5. The number of rotatable bonds is 4. The van der Waals surface area contributed by atoms with Crippen molar-refractivity contribution in [1.82, 2.24) is 4.90 Å². The highest BCUT2D eigenvalue weighted by atomic mass is 79.9. The summed E-state index contributed by atoms with van der Waals surface area (Å²) in [5, 5.41) is 2.97. The van der Waals surface area contributed by atoms with Gasteiger partial charge in [0.2, 0.25) is 0 Å². The third-order valence-corrected chi connectivity index (χ3v) is 6.14. The van der Waals surface area contributed by atoms with Gasteiger partial charge in [0.1, 0.15) is 0 Å². The van der Waals surface area contributed by atoms with Gasteiger partial charge in [0.15, 0.2) is 0 Å². The van der Waals surface area contributed by atoms with E-state index in [1.54, 1.807) is 0 Å². The number of fused-ring (bicyclic) bond motifs is 1. The SMILES string of the molecule is Cc1cc(NC(=O)c2ccc(CN3CCc4ccccc4C3)cc2)ccc1Br. The molecule has 1 aliphatic heterocycles. The number of nitrogens with one attached hydrogen (secondary N) is 1. The summed E-state index contributed by atoms with van der Waals surface area (Å²) in [6.45, 7) is 4.97. The van der Waals surface area contributed by atoms with Gasteiger partial charge in [-0.05, 0) is 65.9 Å². The lowest BCUT2D eigenvalue weighted by atomic mass is 9.99. The van der Waals surface area contributed by atoms with E-state index in [1.807, 2.05) is 37.3 Å². The van der Waals surface area contributed by atoms with Crippen molar-refractivity contribution in [3.8, 4) is 0 Å². The molecule has 3 aromatic rings. The molecule has 0 spiro atoms. The number of nitrogens with zero attached hydrogens (tertiary/aromatic N) is 1. The van der Waals surface area contributed by atoms with E-state index in [-0.39, 0.29) is 5.91 Å². The fourth-order valence-corrected chi connectivity index (χ4v) is 3.88. The maximum atomic E-state index is 12.5. The zero-order chi connectivity index (χ0) is 19.5. The number of hydrogen-bond acceptors (Lipinski definition) is 2. The van der Waals surface area contributed by atoms with Crippen LogP contribution in [0.25, 0.3) is 0 Å². The summed E-state index contributed by atoms with van der Waals surface area (Å²) in [4.78, 5) is 15.0. The molecule has 4 heteroatoms. The number of hydrogen-bond donors (Lipinski definition) is 1. The molecule has 1 N–H and O–H groups in total. The second-order valence-electron chi connectivity index (χ2n) is 7.34. The van der Waals surface area contributed by atoms with Crippen LogP contribution in [0.2, 0.25) is 0 Å². The summed E-state index contributed by atoms with van der Waals surface area (Å²) in [5.41, 5.74) is 6.70. The van der Waals surface area contributed by atoms with Crippen molar-refractivity contribution in [2.24, 2.45) is 0 Å². The first kappa shape index (κ1) is 18.9. The predicted molar refractivity (Wildman–Crippen MR) is 118 cm³/mol. The summed E-state index contributed by atoms with van der Waals surface area (Å²) >= 11 is 3.48. The van der Waals surface area contributed by atoms with Gasteiger partial charge in [-0.3, -0.25) is 9.69 Å². The van der Waals surface area contributed by atoms with Crippen LogP contribution in [0.3, 0.4) is 0 Å². The van der Waals surface area contributed by atoms with Gasteiger partial charge in [-0.25, -0.2) is 0 Å². The predicted octanol–water partition coefficient (Wildman–Crippen LogP) is 5.57.